The molecule has 3 heterocycles. The molecule has 1 saturated heterocycles. The Morgan fingerprint density at radius 1 is 1.11 bits per heavy atom. The van der Waals surface area contributed by atoms with Crippen molar-refractivity contribution in [3.05, 3.63) is 64.4 Å². The first kappa shape index (κ1) is 23.0. The first-order valence-electron chi connectivity index (χ1n) is 11.4. The third-order valence-corrected chi connectivity index (χ3v) is 6.32. The Kier molecular flexibility index (Phi) is 6.50. The quantitative estimate of drug-likeness (QED) is 0.485. The topological polar surface area (TPSA) is 86.1 Å². The summed E-state index contributed by atoms with van der Waals surface area (Å²) >= 11 is 6.10. The van der Waals surface area contributed by atoms with Crippen LogP contribution in [0.25, 0.3) is 10.9 Å². The van der Waals surface area contributed by atoms with Gasteiger partial charge in [-0.15, -0.1) is 6.58 Å². The lowest BCUT2D eigenvalue weighted by Crippen LogP contribution is -2.51. The van der Waals surface area contributed by atoms with Gasteiger partial charge < -0.3 is 24.0 Å². The van der Waals surface area contributed by atoms with Crippen LogP contribution in [0.1, 0.15) is 0 Å². The van der Waals surface area contributed by atoms with Crippen molar-refractivity contribution >= 4 is 34.4 Å². The van der Waals surface area contributed by atoms with Crippen molar-refractivity contribution in [2.45, 2.75) is 6.54 Å². The molecule has 9 nitrogen and oxygen atoms in total. The zero-order valence-electron chi connectivity index (χ0n) is 19.1. The van der Waals surface area contributed by atoms with E-state index in [9.17, 15) is 9.59 Å². The Morgan fingerprint density at radius 3 is 2.54 bits per heavy atom. The molecule has 0 radical (unpaired) electrons. The highest BCUT2D eigenvalue weighted by Gasteiger charge is 2.26. The molecular formula is C25H25ClN4O5. The van der Waals surface area contributed by atoms with Gasteiger partial charge in [-0.05, 0) is 18.2 Å². The van der Waals surface area contributed by atoms with Gasteiger partial charge in [0.2, 0.25) is 5.95 Å². The summed E-state index contributed by atoms with van der Waals surface area (Å²) in [5.74, 6) is 2.03. The standard InChI is InChI=1S/C25H25ClN4O5/c1-2-7-30-24(32)17-14-21-22(34-13-12-33-21)15-19(17)27-25(30)29-10-8-28(9-11-29)23(31)16-35-20-6-4-3-5-18(20)26/h2-6,14-15H,1,7-13,16H2. The summed E-state index contributed by atoms with van der Waals surface area (Å²) < 4.78 is 18.5. The number of allylic oxidation sites excluding steroid dienone is 1. The van der Waals surface area contributed by atoms with E-state index < -0.39 is 0 Å². The monoisotopic (exact) mass is 496 g/mol. The van der Waals surface area contributed by atoms with Gasteiger partial charge in [0, 0.05) is 38.8 Å². The molecule has 1 fully saturated rings. The van der Waals surface area contributed by atoms with Gasteiger partial charge in [-0.2, -0.15) is 0 Å². The minimum absolute atomic E-state index is 0.0910. The average Bonchev–Trinajstić information content (AvgIpc) is 2.89. The summed E-state index contributed by atoms with van der Waals surface area (Å²) in [6.45, 7) is 6.92. The number of anilines is 1. The Morgan fingerprint density at radius 2 is 1.83 bits per heavy atom. The number of benzene rings is 2. The first-order chi connectivity index (χ1) is 17.0. The number of aromatic nitrogens is 2. The summed E-state index contributed by atoms with van der Waals surface area (Å²) in [5, 5.41) is 0.927. The molecule has 3 aromatic rings. The van der Waals surface area contributed by atoms with Crippen LogP contribution < -0.4 is 24.7 Å². The van der Waals surface area contributed by atoms with Gasteiger partial charge in [-0.1, -0.05) is 29.8 Å². The van der Waals surface area contributed by atoms with Crippen LogP contribution in [-0.2, 0) is 11.3 Å². The molecule has 0 spiro atoms. The third-order valence-electron chi connectivity index (χ3n) is 6.01. The van der Waals surface area contributed by atoms with Crippen molar-refractivity contribution in [2.24, 2.45) is 0 Å². The molecule has 0 unspecified atom stereocenters. The van der Waals surface area contributed by atoms with Gasteiger partial charge in [-0.25, -0.2) is 4.98 Å². The van der Waals surface area contributed by atoms with Crippen LogP contribution in [0.2, 0.25) is 5.02 Å². The summed E-state index contributed by atoms with van der Waals surface area (Å²) in [7, 11) is 0. The van der Waals surface area contributed by atoms with Crippen LogP contribution in [0.5, 0.6) is 17.2 Å². The van der Waals surface area contributed by atoms with E-state index in [4.69, 9.17) is 30.8 Å². The number of rotatable bonds is 6. The van der Waals surface area contributed by atoms with Crippen molar-refractivity contribution < 1.29 is 19.0 Å². The fourth-order valence-corrected chi connectivity index (χ4v) is 4.42. The van der Waals surface area contributed by atoms with E-state index in [1.54, 1.807) is 51.9 Å². The van der Waals surface area contributed by atoms with E-state index in [-0.39, 0.29) is 18.1 Å². The van der Waals surface area contributed by atoms with Crippen molar-refractivity contribution in [2.75, 3.05) is 50.9 Å². The minimum Gasteiger partial charge on any atom is -0.486 e. The number of carbonyl (C=O) groups is 1. The normalized spacial score (nSPS) is 15.2. The second-order valence-electron chi connectivity index (χ2n) is 8.22. The number of nitrogens with zero attached hydrogens (tertiary/aromatic N) is 4. The lowest BCUT2D eigenvalue weighted by molar-refractivity contribution is -0.133. The molecule has 182 valence electrons. The predicted octanol–water partition coefficient (Wildman–Crippen LogP) is 2.73. The van der Waals surface area contributed by atoms with Crippen molar-refractivity contribution in [1.82, 2.24) is 14.5 Å². The fourth-order valence-electron chi connectivity index (χ4n) is 4.23. The zero-order chi connectivity index (χ0) is 24.4. The van der Waals surface area contributed by atoms with E-state index >= 15 is 0 Å². The number of hydrogen-bond acceptors (Lipinski definition) is 7. The minimum atomic E-state index is -0.173. The number of hydrogen-bond donors (Lipinski definition) is 0. The number of carbonyl (C=O) groups excluding carboxylic acids is 1. The molecule has 35 heavy (non-hydrogen) atoms. The molecule has 10 heteroatoms. The van der Waals surface area contributed by atoms with Gasteiger partial charge in [-0.3, -0.25) is 14.2 Å². The van der Waals surface area contributed by atoms with Crippen LogP contribution in [-0.4, -0.2) is 66.4 Å². The zero-order valence-corrected chi connectivity index (χ0v) is 19.9. The van der Waals surface area contributed by atoms with Crippen molar-refractivity contribution in [1.29, 1.82) is 0 Å². The third kappa shape index (κ3) is 4.64. The Balaban J connectivity index is 1.33. The molecule has 5 rings (SSSR count). The van der Waals surface area contributed by atoms with E-state index in [0.717, 1.165) is 0 Å². The number of piperazine rings is 1. The van der Waals surface area contributed by atoms with E-state index in [1.165, 1.54) is 0 Å². The highest BCUT2D eigenvalue weighted by Crippen LogP contribution is 2.33. The molecular weight excluding hydrogens is 472 g/mol. The number of ether oxygens (including phenoxy) is 3. The van der Waals surface area contributed by atoms with Crippen LogP contribution >= 0.6 is 11.6 Å². The van der Waals surface area contributed by atoms with E-state index in [2.05, 4.69) is 6.58 Å². The number of fused-ring (bicyclic) bond motifs is 2. The van der Waals surface area contributed by atoms with Gasteiger partial charge >= 0.3 is 0 Å². The molecule has 2 aromatic carbocycles. The van der Waals surface area contributed by atoms with Crippen LogP contribution in [0.4, 0.5) is 5.95 Å². The molecule has 1 amide bonds. The maximum absolute atomic E-state index is 13.3. The Hall–Kier alpha value is -3.72. The second kappa shape index (κ2) is 9.87. The molecule has 0 saturated carbocycles. The number of para-hydroxylation sites is 1. The molecule has 0 aliphatic carbocycles. The summed E-state index contributed by atoms with van der Waals surface area (Å²) in [6.07, 6.45) is 1.67. The predicted molar refractivity (Wildman–Crippen MR) is 133 cm³/mol. The number of halogens is 1. The second-order valence-corrected chi connectivity index (χ2v) is 8.62. The summed E-state index contributed by atoms with van der Waals surface area (Å²) in [5.41, 5.74) is 0.370. The first-order valence-corrected chi connectivity index (χ1v) is 11.8. The highest BCUT2D eigenvalue weighted by molar-refractivity contribution is 6.32. The van der Waals surface area contributed by atoms with E-state index in [1.807, 2.05) is 4.90 Å². The largest absolute Gasteiger partial charge is 0.486 e. The Bertz CT molecular complexity index is 1330. The maximum atomic E-state index is 13.3. The smallest absolute Gasteiger partial charge is 0.263 e. The van der Waals surface area contributed by atoms with Gasteiger partial charge in [0.1, 0.15) is 19.0 Å². The Labute approximate surface area is 207 Å². The van der Waals surface area contributed by atoms with Crippen LogP contribution in [0, 0.1) is 0 Å². The molecule has 2 aliphatic rings. The van der Waals surface area contributed by atoms with Gasteiger partial charge in [0.05, 0.1) is 15.9 Å². The molecule has 1 aromatic heterocycles. The average molecular weight is 497 g/mol. The number of amides is 1. The molecule has 2 aliphatic heterocycles. The molecule has 0 atom stereocenters. The lowest BCUT2D eigenvalue weighted by Gasteiger charge is -2.36. The highest BCUT2D eigenvalue weighted by atomic mass is 35.5. The summed E-state index contributed by atoms with van der Waals surface area (Å²) in [4.78, 5) is 34.6. The van der Waals surface area contributed by atoms with Gasteiger partial charge in [0.15, 0.2) is 18.1 Å². The summed E-state index contributed by atoms with van der Waals surface area (Å²) in [6, 6.07) is 10.5. The van der Waals surface area contributed by atoms with Crippen molar-refractivity contribution in [3.8, 4) is 17.2 Å². The molecule has 0 bridgehead atoms. The van der Waals surface area contributed by atoms with Gasteiger partial charge in [0.25, 0.3) is 11.5 Å². The van der Waals surface area contributed by atoms with E-state index in [0.29, 0.717) is 85.1 Å². The van der Waals surface area contributed by atoms with Crippen molar-refractivity contribution in [3.63, 3.8) is 0 Å². The molecule has 0 N–H and O–H groups in total. The maximum Gasteiger partial charge on any atom is 0.263 e. The van der Waals surface area contributed by atoms with Crippen LogP contribution in [0.3, 0.4) is 0 Å². The van der Waals surface area contributed by atoms with Crippen LogP contribution in [0.15, 0.2) is 53.8 Å². The lowest BCUT2D eigenvalue weighted by atomic mass is 10.2. The fraction of sp³-hybridized carbons (Fsp3) is 0.320. The SMILES string of the molecule is C=CCn1c(N2CCN(C(=O)COc3ccccc3Cl)CC2)nc2cc3c(cc2c1=O)OCCO3.